The second-order valence-electron chi connectivity index (χ2n) is 1.81. The minimum atomic E-state index is 0.548. The highest BCUT2D eigenvalue weighted by Gasteiger charge is 1.98. The third-order valence-corrected chi connectivity index (χ3v) is 2.11. The number of rotatable bonds is 0. The molecule has 0 fully saturated rings. The average Bonchev–Trinajstić information content (AvgIpc) is 1.95. The Morgan fingerprint density at radius 3 is 2.70 bits per heavy atom. The molecule has 0 aliphatic rings. The van der Waals surface area contributed by atoms with Crippen molar-refractivity contribution in [3.63, 3.8) is 0 Å². The Bertz CT molecular complexity index is 288. The predicted octanol–water partition coefficient (Wildman–Crippen LogP) is 1.75. The number of anilines is 1. The molecule has 0 radical (unpaired) electrons. The molecule has 0 atom stereocenters. The van der Waals surface area contributed by atoms with E-state index in [4.69, 9.17) is 11.0 Å². The third-order valence-electron chi connectivity index (χ3n) is 1.17. The van der Waals surface area contributed by atoms with Gasteiger partial charge in [0.25, 0.3) is 0 Å². The van der Waals surface area contributed by atoms with Gasteiger partial charge < -0.3 is 5.73 Å². The number of nitrogens with two attached hydrogens (primary N) is 1. The van der Waals surface area contributed by atoms with E-state index in [9.17, 15) is 0 Å². The summed E-state index contributed by atoms with van der Waals surface area (Å²) in [6, 6.07) is 7.40. The van der Waals surface area contributed by atoms with Gasteiger partial charge in [-0.25, -0.2) is 0 Å². The Morgan fingerprint density at radius 2 is 2.20 bits per heavy atom. The smallest absolute Gasteiger partial charge is 0.101 e. The molecular weight excluding hydrogens is 239 g/mol. The number of hydrogen-bond donors (Lipinski definition) is 1. The van der Waals surface area contributed by atoms with Gasteiger partial charge in [0.1, 0.15) is 6.07 Å². The fourth-order valence-electron chi connectivity index (χ4n) is 0.635. The fourth-order valence-corrected chi connectivity index (χ4v) is 1.13. The largest absolute Gasteiger partial charge is 0.397 e. The van der Waals surface area contributed by atoms with Crippen molar-refractivity contribution in [2.45, 2.75) is 0 Å². The van der Waals surface area contributed by atoms with Gasteiger partial charge in [-0.2, -0.15) is 5.26 Å². The van der Waals surface area contributed by atoms with Crippen LogP contribution in [0.1, 0.15) is 5.56 Å². The SMILES string of the molecule is N#Cc1cccc(I)c1N. The van der Waals surface area contributed by atoms with Crippen LogP contribution in [0.15, 0.2) is 18.2 Å². The van der Waals surface area contributed by atoms with Crippen molar-refractivity contribution in [1.82, 2.24) is 0 Å². The summed E-state index contributed by atoms with van der Waals surface area (Å²) < 4.78 is 0.927. The highest BCUT2D eigenvalue weighted by molar-refractivity contribution is 14.1. The van der Waals surface area contributed by atoms with Crippen molar-refractivity contribution in [2.75, 3.05) is 5.73 Å². The zero-order valence-corrected chi connectivity index (χ0v) is 7.29. The topological polar surface area (TPSA) is 49.8 Å². The number of hydrogen-bond acceptors (Lipinski definition) is 2. The van der Waals surface area contributed by atoms with Crippen LogP contribution in [0.25, 0.3) is 0 Å². The van der Waals surface area contributed by atoms with E-state index in [0.29, 0.717) is 11.3 Å². The van der Waals surface area contributed by atoms with Gasteiger partial charge >= 0.3 is 0 Å². The summed E-state index contributed by atoms with van der Waals surface area (Å²) in [6.07, 6.45) is 0. The van der Waals surface area contributed by atoms with Gasteiger partial charge in [-0.1, -0.05) is 6.07 Å². The van der Waals surface area contributed by atoms with Crippen molar-refractivity contribution >= 4 is 28.3 Å². The monoisotopic (exact) mass is 244 g/mol. The van der Waals surface area contributed by atoms with E-state index < -0.39 is 0 Å². The summed E-state index contributed by atoms with van der Waals surface area (Å²) >= 11 is 2.10. The zero-order valence-electron chi connectivity index (χ0n) is 5.13. The van der Waals surface area contributed by atoms with Gasteiger partial charge in [-0.15, -0.1) is 0 Å². The second-order valence-corrected chi connectivity index (χ2v) is 2.98. The molecule has 1 rings (SSSR count). The number of para-hydroxylation sites is 1. The summed E-state index contributed by atoms with van der Waals surface area (Å²) in [5, 5.41) is 8.51. The van der Waals surface area contributed by atoms with Crippen molar-refractivity contribution in [3.05, 3.63) is 27.3 Å². The first-order valence-corrected chi connectivity index (χ1v) is 3.77. The number of nitrogen functional groups attached to an aromatic ring is 1. The highest BCUT2D eigenvalue weighted by atomic mass is 127. The molecule has 1 aromatic rings. The maximum Gasteiger partial charge on any atom is 0.101 e. The lowest BCUT2D eigenvalue weighted by Gasteiger charge is -1.97. The van der Waals surface area contributed by atoms with Crippen molar-refractivity contribution in [2.24, 2.45) is 0 Å². The molecule has 0 saturated heterocycles. The van der Waals surface area contributed by atoms with E-state index in [0.717, 1.165) is 3.57 Å². The molecule has 3 heteroatoms. The van der Waals surface area contributed by atoms with Crippen molar-refractivity contribution < 1.29 is 0 Å². The van der Waals surface area contributed by atoms with Crippen LogP contribution < -0.4 is 5.73 Å². The molecule has 0 aliphatic heterocycles. The summed E-state index contributed by atoms with van der Waals surface area (Å²) in [7, 11) is 0. The van der Waals surface area contributed by atoms with Crippen LogP contribution in [0.5, 0.6) is 0 Å². The Kier molecular flexibility index (Phi) is 2.12. The van der Waals surface area contributed by atoms with Gasteiger partial charge in [0.15, 0.2) is 0 Å². The molecule has 10 heavy (non-hydrogen) atoms. The van der Waals surface area contributed by atoms with Crippen LogP contribution in [0.4, 0.5) is 5.69 Å². The lowest BCUT2D eigenvalue weighted by Crippen LogP contribution is -1.92. The van der Waals surface area contributed by atoms with Crippen LogP contribution >= 0.6 is 22.6 Å². The number of nitriles is 1. The van der Waals surface area contributed by atoms with E-state index >= 15 is 0 Å². The number of halogens is 1. The highest BCUT2D eigenvalue weighted by Crippen LogP contribution is 2.17. The van der Waals surface area contributed by atoms with Gasteiger partial charge in [0.05, 0.1) is 11.3 Å². The quantitative estimate of drug-likeness (QED) is 0.558. The standard InChI is InChI=1S/C7H5IN2/c8-6-3-1-2-5(4-9)7(6)10/h1-3H,10H2. The van der Waals surface area contributed by atoms with Crippen LogP contribution in [0, 0.1) is 14.9 Å². The lowest BCUT2D eigenvalue weighted by atomic mass is 10.2. The van der Waals surface area contributed by atoms with E-state index in [1.807, 2.05) is 18.2 Å². The molecule has 0 unspecified atom stereocenters. The Hall–Kier alpha value is -0.760. The van der Waals surface area contributed by atoms with Crippen LogP contribution in [-0.2, 0) is 0 Å². The van der Waals surface area contributed by atoms with E-state index in [2.05, 4.69) is 22.6 Å². The average molecular weight is 244 g/mol. The zero-order chi connectivity index (χ0) is 7.56. The van der Waals surface area contributed by atoms with Gasteiger partial charge in [0.2, 0.25) is 0 Å². The minimum Gasteiger partial charge on any atom is -0.397 e. The normalized spacial score (nSPS) is 8.80. The van der Waals surface area contributed by atoms with E-state index in [-0.39, 0.29) is 0 Å². The molecule has 0 aliphatic carbocycles. The predicted molar refractivity (Wildman–Crippen MR) is 48.3 cm³/mol. The molecule has 0 bridgehead atoms. The molecule has 2 N–H and O–H groups in total. The van der Waals surface area contributed by atoms with Gasteiger partial charge in [0, 0.05) is 3.57 Å². The van der Waals surface area contributed by atoms with Gasteiger partial charge in [-0.3, -0.25) is 0 Å². The molecule has 2 nitrogen and oxygen atoms in total. The van der Waals surface area contributed by atoms with E-state index in [1.54, 1.807) is 6.07 Å². The Balaban J connectivity index is 3.31. The fraction of sp³-hybridized carbons (Fsp3) is 0. The lowest BCUT2D eigenvalue weighted by molar-refractivity contribution is 1.47. The maximum atomic E-state index is 8.51. The summed E-state index contributed by atoms with van der Waals surface area (Å²) in [4.78, 5) is 0. The van der Waals surface area contributed by atoms with Gasteiger partial charge in [-0.05, 0) is 34.7 Å². The molecule has 0 amide bonds. The molecule has 50 valence electrons. The second kappa shape index (κ2) is 2.88. The minimum absolute atomic E-state index is 0.548. The number of benzene rings is 1. The molecule has 0 heterocycles. The van der Waals surface area contributed by atoms with Crippen LogP contribution in [0.3, 0.4) is 0 Å². The van der Waals surface area contributed by atoms with Crippen molar-refractivity contribution in [3.8, 4) is 6.07 Å². The Morgan fingerprint density at radius 1 is 1.50 bits per heavy atom. The number of nitrogens with zero attached hydrogens (tertiary/aromatic N) is 1. The maximum absolute atomic E-state index is 8.51. The summed E-state index contributed by atoms with van der Waals surface area (Å²) in [5.74, 6) is 0. The molecule has 0 saturated carbocycles. The summed E-state index contributed by atoms with van der Waals surface area (Å²) in [5.41, 5.74) is 6.69. The van der Waals surface area contributed by atoms with Crippen LogP contribution in [-0.4, -0.2) is 0 Å². The molecule has 0 spiro atoms. The third kappa shape index (κ3) is 1.21. The Labute approximate surface area is 72.8 Å². The molecular formula is C7H5IN2. The molecule has 0 aromatic heterocycles. The molecule has 1 aromatic carbocycles. The van der Waals surface area contributed by atoms with Crippen LogP contribution in [0.2, 0.25) is 0 Å². The first-order valence-electron chi connectivity index (χ1n) is 2.70. The van der Waals surface area contributed by atoms with Crippen molar-refractivity contribution in [1.29, 1.82) is 5.26 Å². The first kappa shape index (κ1) is 7.35. The summed E-state index contributed by atoms with van der Waals surface area (Å²) in [6.45, 7) is 0. The van der Waals surface area contributed by atoms with E-state index in [1.165, 1.54) is 0 Å². The first-order chi connectivity index (χ1) is 4.75.